The molecule has 2 rings (SSSR count). The van der Waals surface area contributed by atoms with Gasteiger partial charge in [0.1, 0.15) is 5.82 Å². The fourth-order valence-corrected chi connectivity index (χ4v) is 1.89. The lowest BCUT2D eigenvalue weighted by molar-refractivity contribution is 0.373. The standard InChI is InChI=1S/C15H16FNO2/c1-10-4-3-5-12(16)15(10)17-9-11-6-7-14(19-2)13(18)8-11/h3-8,17-18H,9H2,1-2H3. The van der Waals surface area contributed by atoms with E-state index in [-0.39, 0.29) is 11.6 Å². The number of ether oxygens (including phenoxy) is 1. The molecule has 0 aromatic heterocycles. The Morgan fingerprint density at radius 3 is 2.68 bits per heavy atom. The number of anilines is 1. The number of hydrogen-bond acceptors (Lipinski definition) is 3. The van der Waals surface area contributed by atoms with Crippen LogP contribution in [0.2, 0.25) is 0 Å². The summed E-state index contributed by atoms with van der Waals surface area (Å²) in [7, 11) is 1.50. The number of phenols is 1. The highest BCUT2D eigenvalue weighted by Gasteiger charge is 2.06. The number of benzene rings is 2. The number of aromatic hydroxyl groups is 1. The van der Waals surface area contributed by atoms with E-state index in [1.165, 1.54) is 13.2 Å². The van der Waals surface area contributed by atoms with E-state index in [4.69, 9.17) is 4.74 Å². The highest BCUT2D eigenvalue weighted by molar-refractivity contribution is 5.52. The molecular formula is C15H16FNO2. The van der Waals surface area contributed by atoms with Gasteiger partial charge in [-0.05, 0) is 36.2 Å². The highest BCUT2D eigenvalue weighted by Crippen LogP contribution is 2.27. The third-order valence-electron chi connectivity index (χ3n) is 2.93. The molecule has 100 valence electrons. The van der Waals surface area contributed by atoms with Gasteiger partial charge in [-0.25, -0.2) is 4.39 Å². The highest BCUT2D eigenvalue weighted by atomic mass is 19.1. The number of para-hydroxylation sites is 1. The van der Waals surface area contributed by atoms with Crippen LogP contribution in [0.5, 0.6) is 11.5 Å². The van der Waals surface area contributed by atoms with E-state index in [0.29, 0.717) is 18.0 Å². The Hall–Kier alpha value is -2.23. The smallest absolute Gasteiger partial charge is 0.160 e. The zero-order chi connectivity index (χ0) is 13.8. The van der Waals surface area contributed by atoms with E-state index in [1.54, 1.807) is 18.2 Å². The molecule has 2 aromatic rings. The van der Waals surface area contributed by atoms with Gasteiger partial charge < -0.3 is 15.2 Å². The Bertz CT molecular complexity index is 564. The van der Waals surface area contributed by atoms with Gasteiger partial charge >= 0.3 is 0 Å². The Morgan fingerprint density at radius 2 is 2.05 bits per heavy atom. The second-order valence-corrected chi connectivity index (χ2v) is 4.29. The minimum absolute atomic E-state index is 0.0760. The third-order valence-corrected chi connectivity index (χ3v) is 2.93. The van der Waals surface area contributed by atoms with Crippen molar-refractivity contribution in [1.82, 2.24) is 0 Å². The largest absolute Gasteiger partial charge is 0.504 e. The molecule has 0 radical (unpaired) electrons. The van der Waals surface area contributed by atoms with Gasteiger partial charge in [0.2, 0.25) is 0 Å². The van der Waals surface area contributed by atoms with Crippen LogP contribution in [-0.2, 0) is 6.54 Å². The van der Waals surface area contributed by atoms with Gasteiger partial charge in [0.25, 0.3) is 0 Å². The summed E-state index contributed by atoms with van der Waals surface area (Å²) < 4.78 is 18.6. The van der Waals surface area contributed by atoms with Crippen LogP contribution in [0.15, 0.2) is 36.4 Å². The van der Waals surface area contributed by atoms with Crippen LogP contribution in [-0.4, -0.2) is 12.2 Å². The van der Waals surface area contributed by atoms with E-state index < -0.39 is 0 Å². The lowest BCUT2D eigenvalue weighted by Gasteiger charge is -2.11. The van der Waals surface area contributed by atoms with Crippen molar-refractivity contribution in [2.24, 2.45) is 0 Å². The summed E-state index contributed by atoms with van der Waals surface area (Å²) in [5.74, 6) is 0.218. The summed E-state index contributed by atoms with van der Waals surface area (Å²) in [6, 6.07) is 10.0. The van der Waals surface area contributed by atoms with E-state index in [2.05, 4.69) is 5.32 Å². The van der Waals surface area contributed by atoms with Crippen molar-refractivity contribution in [3.05, 3.63) is 53.3 Å². The molecule has 0 atom stereocenters. The first-order valence-electron chi connectivity index (χ1n) is 5.96. The quantitative estimate of drug-likeness (QED) is 0.885. The van der Waals surface area contributed by atoms with Crippen LogP contribution in [0.3, 0.4) is 0 Å². The summed E-state index contributed by atoms with van der Waals surface area (Å²) in [4.78, 5) is 0. The van der Waals surface area contributed by atoms with Crippen LogP contribution in [0.1, 0.15) is 11.1 Å². The van der Waals surface area contributed by atoms with E-state index >= 15 is 0 Å². The van der Waals surface area contributed by atoms with Crippen molar-refractivity contribution < 1.29 is 14.2 Å². The third kappa shape index (κ3) is 2.96. The first kappa shape index (κ1) is 13.2. The number of nitrogens with one attached hydrogen (secondary N) is 1. The molecule has 3 nitrogen and oxygen atoms in total. The Kier molecular flexibility index (Phi) is 3.90. The van der Waals surface area contributed by atoms with Crippen LogP contribution in [0, 0.1) is 12.7 Å². The number of halogens is 1. The minimum Gasteiger partial charge on any atom is -0.504 e. The lowest BCUT2D eigenvalue weighted by Crippen LogP contribution is -2.03. The van der Waals surface area contributed by atoms with E-state index in [0.717, 1.165) is 11.1 Å². The van der Waals surface area contributed by atoms with Crippen molar-refractivity contribution in [3.63, 3.8) is 0 Å². The molecule has 0 saturated carbocycles. The summed E-state index contributed by atoms with van der Waals surface area (Å²) in [5, 5.41) is 12.7. The normalized spacial score (nSPS) is 10.3. The van der Waals surface area contributed by atoms with Gasteiger partial charge in [0.05, 0.1) is 12.8 Å². The molecule has 0 saturated heterocycles. The van der Waals surface area contributed by atoms with Crippen molar-refractivity contribution >= 4 is 5.69 Å². The van der Waals surface area contributed by atoms with Gasteiger partial charge in [-0.3, -0.25) is 0 Å². The van der Waals surface area contributed by atoms with Crippen LogP contribution >= 0.6 is 0 Å². The van der Waals surface area contributed by atoms with Crippen LogP contribution in [0.25, 0.3) is 0 Å². The number of methoxy groups -OCH3 is 1. The van der Waals surface area contributed by atoms with Gasteiger partial charge in [-0.2, -0.15) is 0 Å². The zero-order valence-electron chi connectivity index (χ0n) is 10.9. The van der Waals surface area contributed by atoms with Crippen molar-refractivity contribution in [2.45, 2.75) is 13.5 Å². The Labute approximate surface area is 111 Å². The number of rotatable bonds is 4. The second-order valence-electron chi connectivity index (χ2n) is 4.29. The number of hydrogen-bond donors (Lipinski definition) is 2. The molecule has 19 heavy (non-hydrogen) atoms. The molecule has 0 spiro atoms. The SMILES string of the molecule is COc1ccc(CNc2c(C)cccc2F)cc1O. The molecule has 0 unspecified atom stereocenters. The first-order chi connectivity index (χ1) is 9.11. The molecule has 2 N–H and O–H groups in total. The summed E-state index contributed by atoms with van der Waals surface area (Å²) in [6.07, 6.45) is 0. The average Bonchev–Trinajstić information content (AvgIpc) is 2.38. The van der Waals surface area contributed by atoms with Gasteiger partial charge in [0, 0.05) is 6.54 Å². The summed E-state index contributed by atoms with van der Waals surface area (Å²) >= 11 is 0. The molecule has 0 aliphatic rings. The first-order valence-corrected chi connectivity index (χ1v) is 5.96. The predicted octanol–water partition coefficient (Wildman–Crippen LogP) is 3.46. The maximum Gasteiger partial charge on any atom is 0.160 e. The monoisotopic (exact) mass is 261 g/mol. The maximum absolute atomic E-state index is 13.6. The number of phenolic OH excluding ortho intramolecular Hbond substituents is 1. The fourth-order valence-electron chi connectivity index (χ4n) is 1.89. The van der Waals surface area contributed by atoms with E-state index in [1.807, 2.05) is 19.1 Å². The second kappa shape index (κ2) is 5.61. The lowest BCUT2D eigenvalue weighted by atomic mass is 10.1. The summed E-state index contributed by atoms with van der Waals surface area (Å²) in [6.45, 7) is 2.27. The Morgan fingerprint density at radius 1 is 1.26 bits per heavy atom. The predicted molar refractivity (Wildman–Crippen MR) is 73.1 cm³/mol. The number of aryl methyl sites for hydroxylation is 1. The average molecular weight is 261 g/mol. The molecule has 4 heteroatoms. The topological polar surface area (TPSA) is 41.5 Å². The van der Waals surface area contributed by atoms with Crippen LogP contribution < -0.4 is 10.1 Å². The molecule has 0 aliphatic carbocycles. The molecule has 2 aromatic carbocycles. The summed E-state index contributed by atoms with van der Waals surface area (Å²) in [5.41, 5.74) is 2.18. The van der Waals surface area contributed by atoms with Gasteiger partial charge in [-0.15, -0.1) is 0 Å². The zero-order valence-corrected chi connectivity index (χ0v) is 10.9. The van der Waals surface area contributed by atoms with E-state index in [9.17, 15) is 9.50 Å². The van der Waals surface area contributed by atoms with Gasteiger partial charge in [-0.1, -0.05) is 18.2 Å². The molecule has 0 amide bonds. The maximum atomic E-state index is 13.6. The molecule has 0 aliphatic heterocycles. The van der Waals surface area contributed by atoms with Crippen molar-refractivity contribution in [1.29, 1.82) is 0 Å². The molecule has 0 fully saturated rings. The van der Waals surface area contributed by atoms with Crippen molar-refractivity contribution in [2.75, 3.05) is 12.4 Å². The fraction of sp³-hybridized carbons (Fsp3) is 0.200. The van der Waals surface area contributed by atoms with Gasteiger partial charge in [0.15, 0.2) is 11.5 Å². The Balaban J connectivity index is 2.13. The molecular weight excluding hydrogens is 245 g/mol. The molecule has 0 heterocycles. The molecule has 0 bridgehead atoms. The van der Waals surface area contributed by atoms with Crippen molar-refractivity contribution in [3.8, 4) is 11.5 Å². The van der Waals surface area contributed by atoms with Crippen LogP contribution in [0.4, 0.5) is 10.1 Å². The minimum atomic E-state index is -0.280.